The van der Waals surface area contributed by atoms with Gasteiger partial charge in [-0.1, -0.05) is 29.8 Å². The number of aryl methyl sites for hydroxylation is 4. The molecule has 4 rings (SSSR count). The number of fused-ring (bicyclic) bond motifs is 1. The number of hydrogen-bond donors (Lipinski definition) is 2. The topological polar surface area (TPSA) is 88.9 Å². The van der Waals surface area contributed by atoms with Gasteiger partial charge in [-0.2, -0.15) is 9.78 Å². The SMILES string of the molecule is Cc1cc(C)c2nc(-n3nc(C)cc3NC(=O)CNC(=O)c3ccccc3)cc(C)c2c1. The minimum atomic E-state index is -0.347. The zero-order valence-corrected chi connectivity index (χ0v) is 18.6. The summed E-state index contributed by atoms with van der Waals surface area (Å²) in [7, 11) is 0. The Morgan fingerprint density at radius 1 is 0.938 bits per heavy atom. The highest BCUT2D eigenvalue weighted by Crippen LogP contribution is 2.25. The lowest BCUT2D eigenvalue weighted by molar-refractivity contribution is -0.115. The highest BCUT2D eigenvalue weighted by molar-refractivity contribution is 5.99. The third-order valence-corrected chi connectivity index (χ3v) is 5.20. The van der Waals surface area contributed by atoms with Gasteiger partial charge in [0.1, 0.15) is 5.82 Å². The summed E-state index contributed by atoms with van der Waals surface area (Å²) >= 11 is 0. The fourth-order valence-electron chi connectivity index (χ4n) is 3.74. The highest BCUT2D eigenvalue weighted by Gasteiger charge is 2.15. The lowest BCUT2D eigenvalue weighted by atomic mass is 10.0. The third-order valence-electron chi connectivity index (χ3n) is 5.20. The Kier molecular flexibility index (Phi) is 5.73. The molecular weight excluding hydrogens is 402 g/mol. The average molecular weight is 428 g/mol. The molecule has 2 aromatic carbocycles. The van der Waals surface area contributed by atoms with E-state index >= 15 is 0 Å². The van der Waals surface area contributed by atoms with Crippen LogP contribution in [-0.4, -0.2) is 33.1 Å². The molecule has 4 aromatic rings. The number of carbonyl (C=O) groups excluding carboxylic acids is 2. The zero-order chi connectivity index (χ0) is 22.8. The van der Waals surface area contributed by atoms with Crippen LogP contribution in [0.25, 0.3) is 16.7 Å². The Morgan fingerprint density at radius 2 is 1.69 bits per heavy atom. The predicted octanol–water partition coefficient (Wildman–Crippen LogP) is 4.02. The van der Waals surface area contributed by atoms with E-state index in [0.29, 0.717) is 17.2 Å². The van der Waals surface area contributed by atoms with E-state index in [-0.39, 0.29) is 18.4 Å². The van der Waals surface area contributed by atoms with Crippen molar-refractivity contribution >= 4 is 28.5 Å². The van der Waals surface area contributed by atoms with E-state index in [4.69, 9.17) is 4.98 Å². The van der Waals surface area contributed by atoms with Gasteiger partial charge >= 0.3 is 0 Å². The summed E-state index contributed by atoms with van der Waals surface area (Å²) in [5, 5.41) is 11.1. The van der Waals surface area contributed by atoms with Gasteiger partial charge in [0, 0.05) is 17.0 Å². The number of nitrogens with one attached hydrogen (secondary N) is 2. The van der Waals surface area contributed by atoms with Crippen molar-refractivity contribution in [2.45, 2.75) is 27.7 Å². The molecule has 0 aliphatic heterocycles. The van der Waals surface area contributed by atoms with Gasteiger partial charge in [0.25, 0.3) is 5.91 Å². The molecule has 0 saturated carbocycles. The fraction of sp³-hybridized carbons (Fsp3) is 0.200. The van der Waals surface area contributed by atoms with Crippen LogP contribution < -0.4 is 10.6 Å². The number of hydrogen-bond acceptors (Lipinski definition) is 4. The Balaban J connectivity index is 1.57. The molecule has 0 radical (unpaired) electrons. The summed E-state index contributed by atoms with van der Waals surface area (Å²) in [6.45, 7) is 7.85. The second kappa shape index (κ2) is 8.63. The van der Waals surface area contributed by atoms with Gasteiger partial charge in [-0.3, -0.25) is 9.59 Å². The maximum absolute atomic E-state index is 12.5. The number of amides is 2. The largest absolute Gasteiger partial charge is 0.343 e. The van der Waals surface area contributed by atoms with Gasteiger partial charge in [0.05, 0.1) is 17.8 Å². The molecule has 7 heteroatoms. The van der Waals surface area contributed by atoms with Gasteiger partial charge in [0.15, 0.2) is 5.82 Å². The first-order valence-electron chi connectivity index (χ1n) is 10.4. The number of carbonyl (C=O) groups is 2. The van der Waals surface area contributed by atoms with Crippen LogP contribution in [0.15, 0.2) is 54.6 Å². The molecule has 0 unspecified atom stereocenters. The minimum absolute atomic E-state index is 0.152. The van der Waals surface area contributed by atoms with Crippen molar-refractivity contribution in [3.05, 3.63) is 82.5 Å². The van der Waals surface area contributed by atoms with Crippen molar-refractivity contribution in [1.29, 1.82) is 0 Å². The molecule has 7 nitrogen and oxygen atoms in total. The Labute approximate surface area is 186 Å². The monoisotopic (exact) mass is 427 g/mol. The summed E-state index contributed by atoms with van der Waals surface area (Å²) in [5.74, 6) is 0.471. The molecule has 0 atom stereocenters. The Bertz CT molecular complexity index is 1330. The molecule has 0 spiro atoms. The van der Waals surface area contributed by atoms with Crippen molar-refractivity contribution in [1.82, 2.24) is 20.1 Å². The smallest absolute Gasteiger partial charge is 0.251 e. The fourth-order valence-corrected chi connectivity index (χ4v) is 3.74. The van der Waals surface area contributed by atoms with Crippen molar-refractivity contribution in [2.75, 3.05) is 11.9 Å². The van der Waals surface area contributed by atoms with Crippen molar-refractivity contribution in [3.63, 3.8) is 0 Å². The number of aromatic nitrogens is 3. The standard InChI is InChI=1S/C25H25N5O2/c1-15-10-17(3)24-20(11-15)16(2)12-21(28-24)30-22(13-18(4)29-30)27-23(31)14-26-25(32)19-8-6-5-7-9-19/h5-13H,14H2,1-4H3,(H,26,32)(H,27,31). The number of anilines is 1. The predicted molar refractivity (Wildman–Crippen MR) is 125 cm³/mol. The van der Waals surface area contributed by atoms with Crippen molar-refractivity contribution in [3.8, 4) is 5.82 Å². The van der Waals surface area contributed by atoms with Crippen LogP contribution >= 0.6 is 0 Å². The number of rotatable bonds is 5. The van der Waals surface area contributed by atoms with E-state index in [1.807, 2.05) is 32.9 Å². The summed E-state index contributed by atoms with van der Waals surface area (Å²) in [4.78, 5) is 29.5. The maximum atomic E-state index is 12.5. The molecule has 162 valence electrons. The first-order valence-corrected chi connectivity index (χ1v) is 10.4. The molecule has 2 N–H and O–H groups in total. The second-order valence-electron chi connectivity index (χ2n) is 7.95. The lowest BCUT2D eigenvalue weighted by Crippen LogP contribution is -2.33. The molecule has 0 saturated heterocycles. The average Bonchev–Trinajstić information content (AvgIpc) is 3.13. The van der Waals surface area contributed by atoms with Gasteiger partial charge < -0.3 is 10.6 Å². The van der Waals surface area contributed by atoms with Crippen LogP contribution in [0.3, 0.4) is 0 Å². The maximum Gasteiger partial charge on any atom is 0.251 e. The van der Waals surface area contributed by atoms with Crippen LogP contribution in [0.4, 0.5) is 5.82 Å². The molecule has 2 heterocycles. The van der Waals surface area contributed by atoms with E-state index in [1.165, 1.54) is 5.56 Å². The van der Waals surface area contributed by atoms with E-state index in [0.717, 1.165) is 27.7 Å². The van der Waals surface area contributed by atoms with Crippen LogP contribution in [0.2, 0.25) is 0 Å². The highest BCUT2D eigenvalue weighted by atomic mass is 16.2. The second-order valence-corrected chi connectivity index (χ2v) is 7.95. The third kappa shape index (κ3) is 4.37. The number of benzene rings is 2. The summed E-state index contributed by atoms with van der Waals surface area (Å²) in [6.07, 6.45) is 0. The van der Waals surface area contributed by atoms with Crippen LogP contribution in [0.5, 0.6) is 0 Å². The van der Waals surface area contributed by atoms with Gasteiger partial charge in [-0.05, 0) is 63.1 Å². The van der Waals surface area contributed by atoms with Crippen LogP contribution in [-0.2, 0) is 4.79 Å². The molecule has 0 aliphatic rings. The zero-order valence-electron chi connectivity index (χ0n) is 18.6. The van der Waals surface area contributed by atoms with Crippen LogP contribution in [0, 0.1) is 27.7 Å². The quantitative estimate of drug-likeness (QED) is 0.503. The van der Waals surface area contributed by atoms with E-state index < -0.39 is 0 Å². The van der Waals surface area contributed by atoms with E-state index in [9.17, 15) is 9.59 Å². The van der Waals surface area contributed by atoms with Crippen molar-refractivity contribution in [2.24, 2.45) is 0 Å². The van der Waals surface area contributed by atoms with Crippen molar-refractivity contribution < 1.29 is 9.59 Å². The molecule has 2 amide bonds. The summed E-state index contributed by atoms with van der Waals surface area (Å²) in [6, 6.07) is 16.7. The lowest BCUT2D eigenvalue weighted by Gasteiger charge is -2.12. The Morgan fingerprint density at radius 3 is 2.44 bits per heavy atom. The number of nitrogens with zero attached hydrogens (tertiary/aromatic N) is 3. The molecule has 0 fully saturated rings. The molecule has 0 aliphatic carbocycles. The van der Waals surface area contributed by atoms with Crippen LogP contribution in [0.1, 0.15) is 32.7 Å². The Hall–Kier alpha value is -4.00. The molecule has 32 heavy (non-hydrogen) atoms. The first-order chi connectivity index (χ1) is 15.3. The molecule has 0 bridgehead atoms. The van der Waals surface area contributed by atoms with E-state index in [2.05, 4.69) is 34.8 Å². The molecule has 2 aromatic heterocycles. The van der Waals surface area contributed by atoms with Gasteiger partial charge in [0.2, 0.25) is 5.91 Å². The van der Waals surface area contributed by atoms with E-state index in [1.54, 1.807) is 35.0 Å². The summed E-state index contributed by atoms with van der Waals surface area (Å²) < 4.78 is 1.62. The first kappa shape index (κ1) is 21.2. The normalized spacial score (nSPS) is 10.9. The van der Waals surface area contributed by atoms with Gasteiger partial charge in [-0.15, -0.1) is 0 Å². The molecular formula is C25H25N5O2. The minimum Gasteiger partial charge on any atom is -0.343 e. The number of pyridine rings is 1. The van der Waals surface area contributed by atoms with Gasteiger partial charge in [-0.25, -0.2) is 4.98 Å². The summed E-state index contributed by atoms with van der Waals surface area (Å²) in [5.41, 5.74) is 5.51.